The topological polar surface area (TPSA) is 51.9 Å². The normalized spacial score (nSPS) is 20.5. The second-order valence-corrected chi connectivity index (χ2v) is 8.32. The van der Waals surface area contributed by atoms with Gasteiger partial charge in [-0.25, -0.2) is 9.37 Å². The highest BCUT2D eigenvalue weighted by atomic mass is 19.1. The highest BCUT2D eigenvalue weighted by Crippen LogP contribution is 2.43. The number of methoxy groups -OCH3 is 1. The molecule has 1 aliphatic heterocycles. The molecule has 2 heterocycles. The van der Waals surface area contributed by atoms with Gasteiger partial charge in [-0.15, -0.1) is 0 Å². The number of aromatic nitrogens is 2. The minimum atomic E-state index is -0.755. The van der Waals surface area contributed by atoms with Crippen molar-refractivity contribution in [1.29, 1.82) is 0 Å². The number of hydrogen-bond donors (Lipinski definition) is 0. The first-order valence-corrected chi connectivity index (χ1v) is 10.7. The molecule has 7 heteroatoms. The number of halogens is 1. The van der Waals surface area contributed by atoms with E-state index < -0.39 is 5.72 Å². The van der Waals surface area contributed by atoms with Crippen molar-refractivity contribution in [3.8, 4) is 11.4 Å². The number of hydrogen-bond acceptors (Lipinski definition) is 5. The smallest absolute Gasteiger partial charge is 0.234 e. The Kier molecular flexibility index (Phi) is 4.96. The molecule has 0 radical (unpaired) electrons. The second kappa shape index (κ2) is 7.82. The molecule has 1 fully saturated rings. The van der Waals surface area contributed by atoms with Crippen molar-refractivity contribution >= 4 is 11.9 Å². The predicted molar refractivity (Wildman–Crippen MR) is 121 cm³/mol. The third-order valence-electron chi connectivity index (χ3n) is 5.93. The average molecular weight is 432 g/mol. The van der Waals surface area contributed by atoms with Crippen molar-refractivity contribution in [3.63, 3.8) is 0 Å². The number of ether oxygens (including phenoxy) is 1. The standard InChI is InChI=1S/C25H25FN4O2/c1-17-15-29(16-27-17)22-12-4-18(14-23(22)31-3)5-13-24-28-32-25(2,30(24)21-10-11-21)19-6-8-20(26)9-7-19/h4-9,12-16,21H,10-11H2,1-3H3. The molecule has 0 N–H and O–H groups in total. The van der Waals surface area contributed by atoms with Crippen molar-refractivity contribution in [2.75, 3.05) is 7.11 Å². The molecule has 2 aliphatic rings. The Labute approximate surface area is 186 Å². The SMILES string of the molecule is COc1cc(C=CC2=NOC(C)(c3ccc(F)cc3)N2C2CC2)ccc1-n1cnc(C)c1. The number of aryl methyl sites for hydroxylation is 1. The highest BCUT2D eigenvalue weighted by Gasteiger charge is 2.49. The lowest BCUT2D eigenvalue weighted by Gasteiger charge is -2.34. The molecule has 164 valence electrons. The summed E-state index contributed by atoms with van der Waals surface area (Å²) in [7, 11) is 1.66. The fraction of sp³-hybridized carbons (Fsp3) is 0.280. The lowest BCUT2D eigenvalue weighted by Crippen LogP contribution is -2.44. The van der Waals surface area contributed by atoms with E-state index >= 15 is 0 Å². The zero-order valence-electron chi connectivity index (χ0n) is 18.3. The quantitative estimate of drug-likeness (QED) is 0.549. The molecule has 0 spiro atoms. The summed E-state index contributed by atoms with van der Waals surface area (Å²) < 4.78 is 21.0. The Bertz CT molecular complexity index is 1200. The maximum absolute atomic E-state index is 13.4. The number of imidazole rings is 1. The van der Waals surface area contributed by atoms with Gasteiger partial charge in [0.2, 0.25) is 5.72 Å². The van der Waals surface area contributed by atoms with Gasteiger partial charge in [0.15, 0.2) is 5.84 Å². The van der Waals surface area contributed by atoms with Crippen molar-refractivity contribution < 1.29 is 14.0 Å². The van der Waals surface area contributed by atoms with Crippen LogP contribution in [0, 0.1) is 12.7 Å². The maximum atomic E-state index is 13.4. The molecule has 2 aromatic carbocycles. The molecule has 0 bridgehead atoms. The van der Waals surface area contributed by atoms with Crippen molar-refractivity contribution in [1.82, 2.24) is 14.5 Å². The first-order valence-electron chi connectivity index (χ1n) is 10.7. The van der Waals surface area contributed by atoms with E-state index in [0.717, 1.165) is 46.9 Å². The van der Waals surface area contributed by atoms with Gasteiger partial charge in [-0.2, -0.15) is 0 Å². The van der Waals surface area contributed by atoms with Crippen LogP contribution >= 0.6 is 0 Å². The lowest BCUT2D eigenvalue weighted by molar-refractivity contribution is -0.0934. The Morgan fingerprint density at radius 1 is 1.16 bits per heavy atom. The summed E-state index contributed by atoms with van der Waals surface area (Å²) in [5, 5.41) is 4.37. The first-order chi connectivity index (χ1) is 15.5. The van der Waals surface area contributed by atoms with Crippen LogP contribution < -0.4 is 4.74 Å². The van der Waals surface area contributed by atoms with Crippen LogP contribution in [0.1, 0.15) is 36.6 Å². The monoisotopic (exact) mass is 432 g/mol. The predicted octanol–water partition coefficient (Wildman–Crippen LogP) is 5.02. The molecule has 3 aromatic rings. The zero-order valence-corrected chi connectivity index (χ0v) is 18.3. The van der Waals surface area contributed by atoms with Crippen LogP contribution in [0.4, 0.5) is 4.39 Å². The first kappa shape index (κ1) is 20.3. The van der Waals surface area contributed by atoms with E-state index in [4.69, 9.17) is 9.57 Å². The molecular formula is C25H25FN4O2. The lowest BCUT2D eigenvalue weighted by atomic mass is 10.0. The van der Waals surface area contributed by atoms with Crippen LogP contribution in [0.2, 0.25) is 0 Å². The molecule has 1 unspecified atom stereocenters. The Hall–Kier alpha value is -3.61. The fourth-order valence-electron chi connectivity index (χ4n) is 4.11. The van der Waals surface area contributed by atoms with Gasteiger partial charge in [0.1, 0.15) is 11.6 Å². The zero-order chi connectivity index (χ0) is 22.3. The van der Waals surface area contributed by atoms with E-state index in [1.807, 2.05) is 55.0 Å². The maximum Gasteiger partial charge on any atom is 0.234 e. The number of benzene rings is 2. The molecule has 0 saturated heterocycles. The van der Waals surface area contributed by atoms with Gasteiger partial charge in [-0.1, -0.05) is 29.4 Å². The second-order valence-electron chi connectivity index (χ2n) is 8.32. The number of amidine groups is 1. The number of oxime groups is 1. The Morgan fingerprint density at radius 2 is 1.94 bits per heavy atom. The molecule has 1 atom stereocenters. The molecule has 32 heavy (non-hydrogen) atoms. The van der Waals surface area contributed by atoms with E-state index in [1.54, 1.807) is 25.6 Å². The van der Waals surface area contributed by atoms with E-state index in [0.29, 0.717) is 6.04 Å². The fourth-order valence-corrected chi connectivity index (χ4v) is 4.11. The molecule has 1 saturated carbocycles. The van der Waals surface area contributed by atoms with Crippen LogP contribution in [0.25, 0.3) is 11.8 Å². The summed E-state index contributed by atoms with van der Waals surface area (Å²) in [4.78, 5) is 12.4. The Balaban J connectivity index is 1.41. The Morgan fingerprint density at radius 3 is 2.59 bits per heavy atom. The minimum Gasteiger partial charge on any atom is -0.495 e. The summed E-state index contributed by atoms with van der Waals surface area (Å²) in [6, 6.07) is 12.8. The van der Waals surface area contributed by atoms with Crippen LogP contribution in [-0.2, 0) is 10.6 Å². The third kappa shape index (κ3) is 3.64. The molecular weight excluding hydrogens is 407 g/mol. The van der Waals surface area contributed by atoms with E-state index in [9.17, 15) is 4.39 Å². The van der Waals surface area contributed by atoms with Crippen LogP contribution in [0.3, 0.4) is 0 Å². The van der Waals surface area contributed by atoms with Gasteiger partial charge in [0.05, 0.1) is 24.8 Å². The third-order valence-corrected chi connectivity index (χ3v) is 5.93. The van der Waals surface area contributed by atoms with Crippen molar-refractivity contribution in [2.45, 2.75) is 38.5 Å². The summed E-state index contributed by atoms with van der Waals surface area (Å²) in [6.45, 7) is 3.93. The van der Waals surface area contributed by atoms with Gasteiger partial charge >= 0.3 is 0 Å². The molecule has 0 amide bonds. The molecule has 6 nitrogen and oxygen atoms in total. The van der Waals surface area contributed by atoms with E-state index in [2.05, 4.69) is 15.0 Å². The summed E-state index contributed by atoms with van der Waals surface area (Å²) >= 11 is 0. The van der Waals surface area contributed by atoms with Crippen LogP contribution in [-0.4, -0.2) is 33.4 Å². The molecule has 1 aliphatic carbocycles. The van der Waals surface area contributed by atoms with E-state index in [-0.39, 0.29) is 5.82 Å². The summed E-state index contributed by atoms with van der Waals surface area (Å²) in [5.41, 5.74) is 2.97. The summed E-state index contributed by atoms with van der Waals surface area (Å²) in [6.07, 6.45) is 9.86. The van der Waals surface area contributed by atoms with Crippen molar-refractivity contribution in [3.05, 3.63) is 83.7 Å². The number of nitrogens with zero attached hydrogens (tertiary/aromatic N) is 4. The van der Waals surface area contributed by atoms with Gasteiger partial charge in [-0.05, 0) is 55.7 Å². The van der Waals surface area contributed by atoms with Crippen molar-refractivity contribution in [2.24, 2.45) is 5.16 Å². The summed E-state index contributed by atoms with van der Waals surface area (Å²) in [5.74, 6) is 1.24. The van der Waals surface area contributed by atoms with Gasteiger partial charge in [-0.3, -0.25) is 0 Å². The van der Waals surface area contributed by atoms with Gasteiger partial charge < -0.3 is 19.0 Å². The van der Waals surface area contributed by atoms with Crippen LogP contribution in [0.15, 0.2) is 66.2 Å². The molecule has 5 rings (SSSR count). The number of rotatable bonds is 6. The van der Waals surface area contributed by atoms with Gasteiger partial charge in [0, 0.05) is 24.7 Å². The minimum absolute atomic E-state index is 0.266. The van der Waals surface area contributed by atoms with E-state index in [1.165, 1.54) is 12.1 Å². The molecule has 1 aromatic heterocycles. The van der Waals surface area contributed by atoms with Crippen LogP contribution in [0.5, 0.6) is 5.75 Å². The van der Waals surface area contributed by atoms with Gasteiger partial charge in [0.25, 0.3) is 0 Å². The average Bonchev–Trinajstić information content (AvgIpc) is 3.44. The largest absolute Gasteiger partial charge is 0.495 e. The highest BCUT2D eigenvalue weighted by molar-refractivity contribution is 5.97.